The van der Waals surface area contributed by atoms with Gasteiger partial charge in [0.2, 0.25) is 5.76 Å². The van der Waals surface area contributed by atoms with Crippen molar-refractivity contribution in [3.05, 3.63) is 104 Å². The van der Waals surface area contributed by atoms with Crippen LogP contribution in [0, 0.1) is 0 Å². The number of nitrogens with zero attached hydrogens (tertiary/aromatic N) is 1. The number of benzene rings is 3. The predicted octanol–water partition coefficient (Wildman–Crippen LogP) is 5.75. The summed E-state index contributed by atoms with van der Waals surface area (Å²) in [7, 11) is 1.63. The van der Waals surface area contributed by atoms with E-state index in [9.17, 15) is 9.59 Å². The van der Waals surface area contributed by atoms with Gasteiger partial charge in [-0.1, -0.05) is 40.2 Å². The highest BCUT2D eigenvalue weighted by molar-refractivity contribution is 9.10. The Kier molecular flexibility index (Phi) is 6.34. The summed E-state index contributed by atoms with van der Waals surface area (Å²) in [5, 5.41) is 0.439. The van der Waals surface area contributed by atoms with Gasteiger partial charge in [-0.15, -0.1) is 0 Å². The van der Waals surface area contributed by atoms with Gasteiger partial charge >= 0.3 is 0 Å². The van der Waals surface area contributed by atoms with E-state index < -0.39 is 6.04 Å². The van der Waals surface area contributed by atoms with E-state index in [4.69, 9.17) is 13.9 Å². The molecule has 1 aromatic heterocycles. The Morgan fingerprint density at radius 3 is 2.54 bits per heavy atom. The van der Waals surface area contributed by atoms with Gasteiger partial charge in [-0.05, 0) is 66.9 Å². The van der Waals surface area contributed by atoms with Gasteiger partial charge < -0.3 is 18.8 Å². The van der Waals surface area contributed by atoms with Crippen molar-refractivity contribution in [2.24, 2.45) is 0 Å². The number of hydrogen-bond acceptors (Lipinski definition) is 5. The number of amides is 1. The number of ether oxygens (including phenoxy) is 2. The fourth-order valence-corrected chi connectivity index (χ4v) is 4.91. The average Bonchev–Trinajstić information content (AvgIpc) is 3.15. The first-order valence-corrected chi connectivity index (χ1v) is 12.2. The molecular weight excluding hydrogens is 510 g/mol. The smallest absolute Gasteiger partial charge is 0.290 e. The molecular formula is C28H24BrNO5. The Morgan fingerprint density at radius 2 is 1.80 bits per heavy atom. The number of rotatable bonds is 7. The maximum Gasteiger partial charge on any atom is 0.290 e. The number of fused-ring (bicyclic) bond motifs is 2. The second kappa shape index (κ2) is 9.58. The standard InChI is InChI=1S/C28H24BrNO5/c1-3-34-21-6-4-5-18(15-21)25-24-26(31)22-16-19(29)9-12-23(22)35-27(24)28(32)30(25)14-13-17-7-10-20(33-2)11-8-17/h4-12,15-16,25H,3,13-14H2,1-2H3/t25-/m0/s1. The quantitative estimate of drug-likeness (QED) is 0.302. The normalized spacial score (nSPS) is 14.9. The highest BCUT2D eigenvalue weighted by atomic mass is 79.9. The zero-order valence-electron chi connectivity index (χ0n) is 19.4. The molecule has 1 amide bonds. The molecule has 35 heavy (non-hydrogen) atoms. The predicted molar refractivity (Wildman–Crippen MR) is 137 cm³/mol. The molecule has 0 radical (unpaired) electrons. The first-order valence-electron chi connectivity index (χ1n) is 11.4. The van der Waals surface area contributed by atoms with E-state index in [1.54, 1.807) is 30.2 Å². The largest absolute Gasteiger partial charge is 0.497 e. The number of carbonyl (C=O) groups is 1. The van der Waals surface area contributed by atoms with Gasteiger partial charge in [0.25, 0.3) is 5.91 Å². The van der Waals surface area contributed by atoms with Crippen molar-refractivity contribution in [2.75, 3.05) is 20.3 Å². The first-order chi connectivity index (χ1) is 17.0. The Balaban J connectivity index is 1.60. The molecule has 1 aliphatic heterocycles. The first kappa shape index (κ1) is 23.2. The van der Waals surface area contributed by atoms with Gasteiger partial charge in [0.15, 0.2) is 5.43 Å². The molecule has 0 spiro atoms. The Labute approximate surface area is 211 Å². The molecule has 6 nitrogen and oxygen atoms in total. The van der Waals surface area contributed by atoms with Crippen LogP contribution in [0.3, 0.4) is 0 Å². The van der Waals surface area contributed by atoms with Gasteiger partial charge in [-0.2, -0.15) is 0 Å². The van der Waals surface area contributed by atoms with Crippen LogP contribution in [0.15, 0.2) is 80.4 Å². The molecule has 0 fully saturated rings. The summed E-state index contributed by atoms with van der Waals surface area (Å²) in [5.74, 6) is 1.28. The second-order valence-corrected chi connectivity index (χ2v) is 9.23. The van der Waals surface area contributed by atoms with E-state index in [-0.39, 0.29) is 17.1 Å². The fourth-order valence-electron chi connectivity index (χ4n) is 4.55. The molecule has 4 aromatic rings. The van der Waals surface area contributed by atoms with E-state index in [0.717, 1.165) is 21.3 Å². The second-order valence-electron chi connectivity index (χ2n) is 8.32. The zero-order chi connectivity index (χ0) is 24.5. The molecule has 1 atom stereocenters. The van der Waals surface area contributed by atoms with E-state index >= 15 is 0 Å². The Hall–Kier alpha value is -3.58. The van der Waals surface area contributed by atoms with Crippen LogP contribution in [0.4, 0.5) is 0 Å². The number of halogens is 1. The number of methoxy groups -OCH3 is 1. The molecule has 2 heterocycles. The molecule has 3 aromatic carbocycles. The summed E-state index contributed by atoms with van der Waals surface area (Å²) in [5.41, 5.74) is 2.42. The van der Waals surface area contributed by atoms with Gasteiger partial charge in [0.1, 0.15) is 17.1 Å². The average molecular weight is 534 g/mol. The summed E-state index contributed by atoms with van der Waals surface area (Å²) < 4.78 is 17.8. The summed E-state index contributed by atoms with van der Waals surface area (Å²) in [6.07, 6.45) is 0.616. The van der Waals surface area contributed by atoms with Crippen molar-refractivity contribution in [1.82, 2.24) is 4.90 Å². The Morgan fingerprint density at radius 1 is 1.00 bits per heavy atom. The van der Waals surface area contributed by atoms with Crippen LogP contribution in [0.5, 0.6) is 11.5 Å². The molecule has 5 rings (SSSR count). The lowest BCUT2D eigenvalue weighted by molar-refractivity contribution is 0.0730. The van der Waals surface area contributed by atoms with Crippen LogP contribution in [0.2, 0.25) is 0 Å². The molecule has 0 bridgehead atoms. The monoisotopic (exact) mass is 533 g/mol. The fraction of sp³-hybridized carbons (Fsp3) is 0.214. The SMILES string of the molecule is CCOc1cccc([C@H]2c3c(oc4ccc(Br)cc4c3=O)C(=O)N2CCc2ccc(OC)cc2)c1. The maximum atomic E-state index is 13.7. The van der Waals surface area contributed by atoms with Crippen molar-refractivity contribution in [3.8, 4) is 11.5 Å². The lowest BCUT2D eigenvalue weighted by Crippen LogP contribution is -2.31. The molecule has 0 aliphatic carbocycles. The summed E-state index contributed by atoms with van der Waals surface area (Å²) in [6, 6.07) is 20.0. The molecule has 0 saturated carbocycles. The molecule has 7 heteroatoms. The molecule has 0 unspecified atom stereocenters. The zero-order valence-corrected chi connectivity index (χ0v) is 21.0. The van der Waals surface area contributed by atoms with Crippen molar-refractivity contribution in [1.29, 1.82) is 0 Å². The topological polar surface area (TPSA) is 69.0 Å². The van der Waals surface area contributed by atoms with Gasteiger partial charge in [0.05, 0.1) is 30.7 Å². The maximum absolute atomic E-state index is 13.7. The summed E-state index contributed by atoms with van der Waals surface area (Å²) in [6.45, 7) is 2.85. The minimum atomic E-state index is -0.573. The van der Waals surface area contributed by atoms with Gasteiger partial charge in [0, 0.05) is 11.0 Å². The van der Waals surface area contributed by atoms with Gasteiger partial charge in [-0.25, -0.2) is 0 Å². The van der Waals surface area contributed by atoms with Crippen molar-refractivity contribution < 1.29 is 18.7 Å². The highest BCUT2D eigenvalue weighted by Crippen LogP contribution is 2.39. The van der Waals surface area contributed by atoms with E-state index in [1.165, 1.54) is 0 Å². The molecule has 0 saturated heterocycles. The van der Waals surface area contributed by atoms with Crippen molar-refractivity contribution >= 4 is 32.8 Å². The molecule has 1 aliphatic rings. The number of carbonyl (C=O) groups excluding carboxylic acids is 1. The van der Waals surface area contributed by atoms with Gasteiger partial charge in [-0.3, -0.25) is 9.59 Å². The van der Waals surface area contributed by atoms with Crippen LogP contribution in [0.25, 0.3) is 11.0 Å². The van der Waals surface area contributed by atoms with Crippen LogP contribution in [0.1, 0.15) is 40.2 Å². The van der Waals surface area contributed by atoms with E-state index in [2.05, 4.69) is 15.9 Å². The summed E-state index contributed by atoms with van der Waals surface area (Å²) in [4.78, 5) is 29.0. The van der Waals surface area contributed by atoms with Crippen LogP contribution in [-0.4, -0.2) is 31.1 Å². The van der Waals surface area contributed by atoms with Crippen molar-refractivity contribution in [3.63, 3.8) is 0 Å². The van der Waals surface area contributed by atoms with Crippen LogP contribution < -0.4 is 14.9 Å². The third kappa shape index (κ3) is 4.32. The Bertz CT molecular complexity index is 1460. The highest BCUT2D eigenvalue weighted by Gasteiger charge is 2.42. The molecule has 0 N–H and O–H groups in total. The van der Waals surface area contributed by atoms with E-state index in [0.29, 0.717) is 41.9 Å². The van der Waals surface area contributed by atoms with Crippen LogP contribution >= 0.6 is 15.9 Å². The lowest BCUT2D eigenvalue weighted by atomic mass is 9.98. The minimum Gasteiger partial charge on any atom is -0.497 e. The molecule has 178 valence electrons. The minimum absolute atomic E-state index is 0.103. The van der Waals surface area contributed by atoms with Crippen molar-refractivity contribution in [2.45, 2.75) is 19.4 Å². The summed E-state index contributed by atoms with van der Waals surface area (Å²) >= 11 is 3.44. The number of hydrogen-bond donors (Lipinski definition) is 0. The lowest BCUT2D eigenvalue weighted by Gasteiger charge is -2.25. The third-order valence-corrected chi connectivity index (χ3v) is 6.71. The van der Waals surface area contributed by atoms with Crippen LogP contribution in [-0.2, 0) is 6.42 Å². The van der Waals surface area contributed by atoms with E-state index in [1.807, 2.05) is 55.5 Å². The third-order valence-electron chi connectivity index (χ3n) is 6.21.